The third kappa shape index (κ3) is 2.84. The molecule has 3 nitrogen and oxygen atoms in total. The monoisotopic (exact) mass is 310 g/mol. The predicted octanol–water partition coefficient (Wildman–Crippen LogP) is 3.17. The predicted molar refractivity (Wildman–Crippen MR) is 61.7 cm³/mol. The van der Waals surface area contributed by atoms with E-state index in [1.54, 1.807) is 0 Å². The van der Waals surface area contributed by atoms with Gasteiger partial charge in [0, 0.05) is 11.1 Å². The summed E-state index contributed by atoms with van der Waals surface area (Å²) in [7, 11) is 0.851. The number of methoxy groups -OCH3 is 1. The molecule has 1 atom stereocenters. The summed E-state index contributed by atoms with van der Waals surface area (Å²) in [5.41, 5.74) is -2.40. The molecule has 0 fully saturated rings. The van der Waals surface area contributed by atoms with Crippen LogP contribution in [0.1, 0.15) is 13.9 Å². The van der Waals surface area contributed by atoms with Crippen LogP contribution in [0.5, 0.6) is 5.75 Å². The van der Waals surface area contributed by atoms with Crippen LogP contribution in [0.25, 0.3) is 6.08 Å². The molecule has 0 radical (unpaired) electrons. The van der Waals surface area contributed by atoms with Crippen molar-refractivity contribution in [1.82, 2.24) is 0 Å². The number of rotatable bonds is 2. The average molecular weight is 310 g/mol. The molecule has 114 valence electrons. The van der Waals surface area contributed by atoms with E-state index in [1.165, 1.54) is 0 Å². The van der Waals surface area contributed by atoms with Crippen molar-refractivity contribution >= 4 is 12.0 Å². The summed E-state index contributed by atoms with van der Waals surface area (Å²) in [6, 6.07) is 1.09. The lowest BCUT2D eigenvalue weighted by Gasteiger charge is -2.28. The molecule has 0 unspecified atom stereocenters. The van der Waals surface area contributed by atoms with Gasteiger partial charge < -0.3 is 9.47 Å². The highest BCUT2D eigenvalue weighted by Gasteiger charge is 2.49. The van der Waals surface area contributed by atoms with Crippen LogP contribution < -0.4 is 4.74 Å². The summed E-state index contributed by atoms with van der Waals surface area (Å²) in [5.74, 6) is -3.28. The molecule has 1 aliphatic heterocycles. The van der Waals surface area contributed by atoms with Gasteiger partial charge in [0.1, 0.15) is 18.2 Å². The van der Waals surface area contributed by atoms with E-state index in [1.807, 2.05) is 0 Å². The number of benzene rings is 1. The molecule has 0 saturated heterocycles. The van der Waals surface area contributed by atoms with E-state index in [-0.39, 0.29) is 0 Å². The zero-order chi connectivity index (χ0) is 17.6. The first kappa shape index (κ1) is 12.6. The molecule has 8 heteroatoms. The van der Waals surface area contributed by atoms with Crippen LogP contribution in [0.4, 0.5) is 22.0 Å². The topological polar surface area (TPSA) is 35.5 Å². The second kappa shape index (κ2) is 5.34. The number of hydrogen-bond donors (Lipinski definition) is 0. The second-order valence-electron chi connectivity index (χ2n) is 4.10. The van der Waals surface area contributed by atoms with Crippen LogP contribution in [0, 0.1) is 5.82 Å². The van der Waals surface area contributed by atoms with Gasteiger partial charge >= 0.3 is 12.1 Å². The molecule has 0 spiro atoms. The first-order valence-corrected chi connectivity index (χ1v) is 5.51. The zero-order valence-corrected chi connectivity index (χ0v) is 10.4. The summed E-state index contributed by atoms with van der Waals surface area (Å²) < 4.78 is 88.9. The lowest BCUT2D eigenvalue weighted by Crippen LogP contribution is -2.40. The Bertz CT molecular complexity index is 679. The first-order chi connectivity index (χ1) is 10.4. The summed E-state index contributed by atoms with van der Waals surface area (Å²) >= 11 is 0. The molecule has 1 aromatic rings. The number of ether oxygens (including phenoxy) is 2. The molecule has 1 aromatic carbocycles. The van der Waals surface area contributed by atoms with Crippen molar-refractivity contribution in [2.24, 2.45) is 0 Å². The number of esters is 1. The van der Waals surface area contributed by atoms with Gasteiger partial charge in [0.25, 0.3) is 0 Å². The Kier molecular flexibility index (Phi) is 3.21. The summed E-state index contributed by atoms with van der Waals surface area (Å²) in [5, 5.41) is 0. The highest BCUT2D eigenvalue weighted by Crippen LogP contribution is 2.40. The molecule has 0 aromatic heterocycles. The molecule has 0 amide bonds. The minimum Gasteiger partial charge on any atom is -0.475 e. The second-order valence-corrected chi connectivity index (χ2v) is 4.10. The van der Waals surface area contributed by atoms with Gasteiger partial charge in [-0.05, 0) is 18.2 Å². The SMILES string of the molecule is [2H]C([2H])(F)c1cc(F)cc2c1O[C@H](C(F)(F)F)C(C(=O)OC)=C2. The standard InChI is InChI=1S/C13H9F5O3/c1-20-12(19)9-4-6-2-8(15)3-7(5-14)10(6)21-11(9)13(16,17)18/h2-4,11H,5H2,1H3/t11-/m0/s1/i5D2. The minimum absolute atomic E-state index is 0.392. The number of fused-ring (bicyclic) bond motifs is 1. The summed E-state index contributed by atoms with van der Waals surface area (Å²) in [4.78, 5) is 11.5. The minimum atomic E-state index is -5.05. The van der Waals surface area contributed by atoms with E-state index in [0.29, 0.717) is 18.2 Å². The molecule has 1 heterocycles. The lowest BCUT2D eigenvalue weighted by molar-refractivity contribution is -0.187. The summed E-state index contributed by atoms with van der Waals surface area (Å²) in [6.07, 6.45) is -7.19. The van der Waals surface area contributed by atoms with E-state index in [0.717, 1.165) is 7.11 Å². The van der Waals surface area contributed by atoms with Crippen LogP contribution in [0.15, 0.2) is 17.7 Å². The maximum atomic E-state index is 13.5. The molecule has 1 aliphatic rings. The fraction of sp³-hybridized carbons (Fsp3) is 0.308. The Balaban J connectivity index is 2.70. The number of halogens is 5. The van der Waals surface area contributed by atoms with E-state index in [9.17, 15) is 26.7 Å². The van der Waals surface area contributed by atoms with Gasteiger partial charge in [0.15, 0.2) is 0 Å². The fourth-order valence-corrected chi connectivity index (χ4v) is 1.88. The Labute approximate surface area is 118 Å². The van der Waals surface area contributed by atoms with Gasteiger partial charge in [0.05, 0.1) is 15.4 Å². The van der Waals surface area contributed by atoms with Gasteiger partial charge in [-0.3, -0.25) is 0 Å². The van der Waals surface area contributed by atoms with Crippen molar-refractivity contribution in [3.63, 3.8) is 0 Å². The lowest BCUT2D eigenvalue weighted by atomic mass is 9.99. The molecule has 0 aliphatic carbocycles. The van der Waals surface area contributed by atoms with E-state index in [4.69, 9.17) is 2.74 Å². The Morgan fingerprint density at radius 1 is 1.48 bits per heavy atom. The van der Waals surface area contributed by atoms with Gasteiger partial charge in [-0.2, -0.15) is 13.2 Å². The van der Waals surface area contributed by atoms with Gasteiger partial charge in [0.2, 0.25) is 6.10 Å². The van der Waals surface area contributed by atoms with Gasteiger partial charge in [-0.15, -0.1) is 0 Å². The smallest absolute Gasteiger partial charge is 0.430 e. The van der Waals surface area contributed by atoms with Crippen LogP contribution in [-0.4, -0.2) is 25.4 Å². The molecular formula is C13H9F5O3. The average Bonchev–Trinajstić information content (AvgIpc) is 2.42. The van der Waals surface area contributed by atoms with E-state index >= 15 is 0 Å². The number of hydrogen-bond acceptors (Lipinski definition) is 3. The molecule has 2 rings (SSSR count). The van der Waals surface area contributed by atoms with Crippen molar-refractivity contribution in [2.45, 2.75) is 18.9 Å². The number of alkyl halides is 4. The molecule has 21 heavy (non-hydrogen) atoms. The maximum absolute atomic E-state index is 13.5. The van der Waals surface area contributed by atoms with Crippen molar-refractivity contribution in [2.75, 3.05) is 7.11 Å². The quantitative estimate of drug-likeness (QED) is 0.622. The third-order valence-electron chi connectivity index (χ3n) is 2.73. The molecule has 0 N–H and O–H groups in total. The van der Waals surface area contributed by atoms with Crippen LogP contribution >= 0.6 is 0 Å². The number of carbonyl (C=O) groups is 1. The zero-order valence-electron chi connectivity index (χ0n) is 12.4. The van der Waals surface area contributed by atoms with Crippen molar-refractivity contribution in [1.29, 1.82) is 0 Å². The van der Waals surface area contributed by atoms with Crippen LogP contribution in [0.2, 0.25) is 0 Å². The van der Waals surface area contributed by atoms with Gasteiger partial charge in [-0.25, -0.2) is 13.6 Å². The van der Waals surface area contributed by atoms with E-state index in [2.05, 4.69) is 9.47 Å². The highest BCUT2D eigenvalue weighted by molar-refractivity contribution is 5.96. The van der Waals surface area contributed by atoms with Crippen molar-refractivity contribution < 1.29 is 39.0 Å². The largest absolute Gasteiger partial charge is 0.475 e. The Morgan fingerprint density at radius 3 is 2.67 bits per heavy atom. The molecular weight excluding hydrogens is 299 g/mol. The fourth-order valence-electron chi connectivity index (χ4n) is 1.88. The molecule has 0 bridgehead atoms. The third-order valence-corrected chi connectivity index (χ3v) is 2.73. The Morgan fingerprint density at radius 2 is 2.14 bits per heavy atom. The summed E-state index contributed by atoms with van der Waals surface area (Å²) in [6.45, 7) is -3.64. The van der Waals surface area contributed by atoms with Crippen LogP contribution in [-0.2, 0) is 16.2 Å². The highest BCUT2D eigenvalue weighted by atomic mass is 19.4. The first-order valence-electron chi connectivity index (χ1n) is 6.51. The van der Waals surface area contributed by atoms with Gasteiger partial charge in [-0.1, -0.05) is 0 Å². The van der Waals surface area contributed by atoms with E-state index < -0.39 is 53.1 Å². The van der Waals surface area contributed by atoms with Crippen molar-refractivity contribution in [3.8, 4) is 5.75 Å². The molecule has 0 saturated carbocycles. The van der Waals surface area contributed by atoms with Crippen molar-refractivity contribution in [3.05, 3.63) is 34.6 Å². The Hall–Kier alpha value is -2.12. The normalized spacial score (nSPS) is 19.7. The maximum Gasteiger partial charge on any atom is 0.430 e. The number of carbonyl (C=O) groups excluding carboxylic acids is 1. The van der Waals surface area contributed by atoms with Crippen LogP contribution in [0.3, 0.4) is 0 Å².